The van der Waals surface area contributed by atoms with E-state index in [1.807, 2.05) is 18.4 Å². The van der Waals surface area contributed by atoms with Crippen LogP contribution in [0.4, 0.5) is 0 Å². The van der Waals surface area contributed by atoms with Crippen molar-refractivity contribution in [2.24, 2.45) is 0 Å². The predicted molar refractivity (Wildman–Crippen MR) is 119 cm³/mol. The lowest BCUT2D eigenvalue weighted by atomic mass is 10.2. The molecule has 0 aliphatic rings. The van der Waals surface area contributed by atoms with Crippen LogP contribution in [0.15, 0.2) is 51.7 Å². The molecule has 1 aromatic carbocycles. The summed E-state index contributed by atoms with van der Waals surface area (Å²) in [6.45, 7) is 2.05. The second-order valence-corrected chi connectivity index (χ2v) is 9.52. The fourth-order valence-corrected chi connectivity index (χ4v) is 5.66. The number of hydrogen-bond donors (Lipinski definition) is 2. The molecule has 0 atom stereocenters. The number of nitrogens with one attached hydrogen (secondary N) is 1. The molecule has 0 unspecified atom stereocenters. The summed E-state index contributed by atoms with van der Waals surface area (Å²) in [5, 5.41) is 24.4. The second-order valence-electron chi connectivity index (χ2n) is 6.43. The molecule has 0 aliphatic heterocycles. The van der Waals surface area contributed by atoms with Gasteiger partial charge in [-0.2, -0.15) is 4.68 Å². The number of hydrogen-bond acceptors (Lipinski definition) is 9. The summed E-state index contributed by atoms with van der Waals surface area (Å²) >= 11 is 4.50. The van der Waals surface area contributed by atoms with Gasteiger partial charge in [-0.25, -0.2) is 4.98 Å². The minimum absolute atomic E-state index is 0.143. The van der Waals surface area contributed by atoms with Crippen LogP contribution in [-0.4, -0.2) is 35.3 Å². The van der Waals surface area contributed by atoms with Crippen molar-refractivity contribution in [3.05, 3.63) is 62.8 Å². The van der Waals surface area contributed by atoms with Gasteiger partial charge in [0, 0.05) is 20.7 Å². The molecule has 2 N–H and O–H groups in total. The lowest BCUT2D eigenvalue weighted by molar-refractivity contribution is 0.475. The van der Waals surface area contributed by atoms with Gasteiger partial charge < -0.3 is 10.1 Å². The summed E-state index contributed by atoms with van der Waals surface area (Å²) in [6.07, 6.45) is 0. The number of aromatic hydroxyl groups is 1. The Morgan fingerprint density at radius 2 is 2.03 bits per heavy atom. The molecule has 0 radical (unpaired) electrons. The molecule has 0 spiro atoms. The number of nitrogens with zero attached hydrogens (tertiary/aromatic N) is 5. The van der Waals surface area contributed by atoms with Crippen LogP contribution in [0.1, 0.15) is 10.7 Å². The summed E-state index contributed by atoms with van der Waals surface area (Å²) in [7, 11) is 0. The van der Waals surface area contributed by atoms with Gasteiger partial charge in [-0.3, -0.25) is 4.79 Å². The molecule has 0 saturated carbocycles. The number of rotatable bonds is 5. The van der Waals surface area contributed by atoms with Crippen molar-refractivity contribution < 1.29 is 5.11 Å². The van der Waals surface area contributed by atoms with Gasteiger partial charge in [-0.05, 0) is 53.7 Å². The average molecular weight is 455 g/mol. The summed E-state index contributed by atoms with van der Waals surface area (Å²) in [6, 6.07) is 10.7. The Bertz CT molecular complexity index is 1400. The molecule has 0 fully saturated rings. The zero-order valence-electron chi connectivity index (χ0n) is 15.6. The van der Waals surface area contributed by atoms with E-state index in [0.29, 0.717) is 27.0 Å². The third kappa shape index (κ3) is 3.51. The molecule has 8 nitrogen and oxygen atoms in total. The number of H-pyrrole nitrogens is 1. The summed E-state index contributed by atoms with van der Waals surface area (Å²) in [5.41, 5.74) is 1.51. The molecular formula is C19H14N6O2S3. The van der Waals surface area contributed by atoms with Crippen molar-refractivity contribution in [2.75, 3.05) is 0 Å². The van der Waals surface area contributed by atoms with Crippen LogP contribution in [0.3, 0.4) is 0 Å². The zero-order valence-corrected chi connectivity index (χ0v) is 18.0. The average Bonchev–Trinajstić information content (AvgIpc) is 3.46. The lowest BCUT2D eigenvalue weighted by Gasteiger charge is -2.04. The van der Waals surface area contributed by atoms with E-state index >= 15 is 0 Å². The van der Waals surface area contributed by atoms with Crippen molar-refractivity contribution in [2.45, 2.75) is 17.8 Å². The van der Waals surface area contributed by atoms with Crippen LogP contribution in [0.5, 0.6) is 5.75 Å². The number of benzene rings is 1. The first kappa shape index (κ1) is 19.0. The van der Waals surface area contributed by atoms with Gasteiger partial charge in [-0.1, -0.05) is 11.8 Å². The topological polar surface area (TPSA) is 110 Å². The smallest absolute Gasteiger partial charge is 0.260 e. The number of fused-ring (bicyclic) bond motifs is 1. The number of tetrazole rings is 1. The van der Waals surface area contributed by atoms with E-state index < -0.39 is 0 Å². The van der Waals surface area contributed by atoms with Gasteiger partial charge >= 0.3 is 0 Å². The van der Waals surface area contributed by atoms with Crippen LogP contribution in [0.2, 0.25) is 0 Å². The van der Waals surface area contributed by atoms with Gasteiger partial charge in [0.2, 0.25) is 5.16 Å². The standard InChI is InChI=1S/C19H14N6O2S3/c1-10-2-7-14(30-10)13-8-28-18-16(13)17(27)20-15(21-18)9-29-19-22-23-24-25(19)11-3-5-12(26)6-4-11/h2-8,26H,9H2,1H3,(H,20,21,27). The van der Waals surface area contributed by atoms with Gasteiger partial charge in [-0.15, -0.1) is 27.8 Å². The highest BCUT2D eigenvalue weighted by Crippen LogP contribution is 2.35. The number of aromatic nitrogens is 6. The molecule has 0 aliphatic carbocycles. The SMILES string of the molecule is Cc1ccc(-c2csc3nc(CSc4nnnn4-c4ccc(O)cc4)[nH]c(=O)c23)s1. The third-order valence-electron chi connectivity index (χ3n) is 4.37. The number of thiophene rings is 2. The van der Waals surface area contributed by atoms with Crippen molar-refractivity contribution >= 4 is 44.7 Å². The molecule has 0 amide bonds. The normalized spacial score (nSPS) is 11.4. The van der Waals surface area contributed by atoms with Crippen molar-refractivity contribution in [3.8, 4) is 21.9 Å². The monoisotopic (exact) mass is 454 g/mol. The first-order chi connectivity index (χ1) is 14.6. The minimum atomic E-state index is -0.143. The van der Waals surface area contributed by atoms with E-state index in [-0.39, 0.29) is 11.3 Å². The Morgan fingerprint density at radius 1 is 1.20 bits per heavy atom. The molecule has 11 heteroatoms. The largest absolute Gasteiger partial charge is 0.508 e. The number of phenolic OH excluding ortho intramolecular Hbond substituents is 1. The van der Waals surface area contributed by atoms with Gasteiger partial charge in [0.1, 0.15) is 16.4 Å². The highest BCUT2D eigenvalue weighted by molar-refractivity contribution is 7.98. The summed E-state index contributed by atoms with van der Waals surface area (Å²) < 4.78 is 1.57. The van der Waals surface area contributed by atoms with Crippen LogP contribution in [0.25, 0.3) is 26.3 Å². The molecule has 150 valence electrons. The number of aryl methyl sites for hydroxylation is 1. The number of phenols is 1. The van der Waals surface area contributed by atoms with E-state index in [1.54, 1.807) is 40.3 Å². The Balaban J connectivity index is 1.42. The van der Waals surface area contributed by atoms with Crippen molar-refractivity contribution in [1.82, 2.24) is 30.2 Å². The molecule has 0 bridgehead atoms. The maximum absolute atomic E-state index is 12.8. The maximum Gasteiger partial charge on any atom is 0.260 e. The van der Waals surface area contributed by atoms with E-state index in [4.69, 9.17) is 0 Å². The van der Waals surface area contributed by atoms with Crippen LogP contribution in [0, 0.1) is 6.92 Å². The highest BCUT2D eigenvalue weighted by Gasteiger charge is 2.15. The fraction of sp³-hybridized carbons (Fsp3) is 0.105. The minimum Gasteiger partial charge on any atom is -0.508 e. The lowest BCUT2D eigenvalue weighted by Crippen LogP contribution is -2.10. The molecule has 4 aromatic heterocycles. The fourth-order valence-electron chi connectivity index (χ4n) is 2.98. The van der Waals surface area contributed by atoms with E-state index in [0.717, 1.165) is 16.1 Å². The number of thioether (sulfide) groups is 1. The van der Waals surface area contributed by atoms with Crippen molar-refractivity contribution in [1.29, 1.82) is 0 Å². The zero-order chi connectivity index (χ0) is 20.7. The molecule has 5 aromatic rings. The summed E-state index contributed by atoms with van der Waals surface area (Å²) in [5.74, 6) is 1.15. The molecular weight excluding hydrogens is 440 g/mol. The van der Waals surface area contributed by atoms with Gasteiger partial charge in [0.15, 0.2) is 0 Å². The Labute approximate surface area is 182 Å². The second kappa shape index (κ2) is 7.67. The molecule has 30 heavy (non-hydrogen) atoms. The molecule has 5 rings (SSSR count). The van der Waals surface area contributed by atoms with Crippen molar-refractivity contribution in [3.63, 3.8) is 0 Å². The van der Waals surface area contributed by atoms with Gasteiger partial charge in [0.05, 0.1) is 16.8 Å². The maximum atomic E-state index is 12.8. The summed E-state index contributed by atoms with van der Waals surface area (Å²) in [4.78, 5) is 23.3. The van der Waals surface area contributed by atoms with Crippen LogP contribution in [-0.2, 0) is 5.75 Å². The van der Waals surface area contributed by atoms with E-state index in [9.17, 15) is 9.90 Å². The number of aromatic amines is 1. The Hall–Kier alpha value is -3.02. The Kier molecular flexibility index (Phi) is 4.85. The molecule has 4 heterocycles. The van der Waals surface area contributed by atoms with Crippen LogP contribution < -0.4 is 5.56 Å². The van der Waals surface area contributed by atoms with E-state index in [2.05, 4.69) is 31.6 Å². The highest BCUT2D eigenvalue weighted by atomic mass is 32.2. The van der Waals surface area contributed by atoms with Crippen LogP contribution >= 0.6 is 34.4 Å². The van der Waals surface area contributed by atoms with Gasteiger partial charge in [0.25, 0.3) is 5.56 Å². The predicted octanol–water partition coefficient (Wildman–Crippen LogP) is 4.00. The van der Waals surface area contributed by atoms with E-state index in [1.165, 1.54) is 28.0 Å². The first-order valence-electron chi connectivity index (χ1n) is 8.86. The third-order valence-corrected chi connectivity index (χ3v) is 7.21. The molecule has 0 saturated heterocycles. The first-order valence-corrected chi connectivity index (χ1v) is 11.5. The quantitative estimate of drug-likeness (QED) is 0.386. The Morgan fingerprint density at radius 3 is 2.80 bits per heavy atom.